The fourth-order valence-electron chi connectivity index (χ4n) is 2.04. The summed E-state index contributed by atoms with van der Waals surface area (Å²) in [6, 6.07) is 3.49. The number of benzene rings is 1. The standard InChI is InChI=1S/C12H15ClF2N2O3S.ClH/c13-10-8-9(2-3-11(10)20-12(14)15)21(18,19)17-6-1-4-16-5-7-17;/h2-3,8,12,16H,1,4-7H2;1H. The second-order valence-electron chi connectivity index (χ2n) is 4.48. The largest absolute Gasteiger partial charge is 0.433 e. The van der Waals surface area contributed by atoms with E-state index in [1.807, 2.05) is 0 Å². The molecule has 2 rings (SSSR count). The van der Waals surface area contributed by atoms with Gasteiger partial charge in [-0.05, 0) is 31.2 Å². The van der Waals surface area contributed by atoms with E-state index in [2.05, 4.69) is 10.1 Å². The van der Waals surface area contributed by atoms with Crippen molar-refractivity contribution in [3.8, 4) is 5.75 Å². The predicted molar refractivity (Wildman–Crippen MR) is 81.6 cm³/mol. The molecule has 1 N–H and O–H groups in total. The molecule has 0 bridgehead atoms. The number of ether oxygens (including phenoxy) is 1. The Morgan fingerprint density at radius 1 is 1.27 bits per heavy atom. The van der Waals surface area contributed by atoms with Gasteiger partial charge in [0, 0.05) is 19.6 Å². The van der Waals surface area contributed by atoms with E-state index >= 15 is 0 Å². The molecular formula is C12H16Cl2F2N2O3S. The Bertz CT molecular complexity index is 594. The van der Waals surface area contributed by atoms with Gasteiger partial charge in [0.25, 0.3) is 0 Å². The van der Waals surface area contributed by atoms with Gasteiger partial charge in [0.2, 0.25) is 10.0 Å². The molecule has 1 saturated heterocycles. The van der Waals surface area contributed by atoms with E-state index < -0.39 is 16.6 Å². The molecule has 0 spiro atoms. The molecule has 0 radical (unpaired) electrons. The summed E-state index contributed by atoms with van der Waals surface area (Å²) in [5.74, 6) is -0.247. The van der Waals surface area contributed by atoms with Crippen LogP contribution in [0.2, 0.25) is 5.02 Å². The van der Waals surface area contributed by atoms with Crippen molar-refractivity contribution in [3.63, 3.8) is 0 Å². The van der Waals surface area contributed by atoms with E-state index in [-0.39, 0.29) is 28.1 Å². The van der Waals surface area contributed by atoms with Crippen LogP contribution in [0.25, 0.3) is 0 Å². The highest BCUT2D eigenvalue weighted by atomic mass is 35.5. The number of sulfonamides is 1. The van der Waals surface area contributed by atoms with Crippen LogP contribution in [0.3, 0.4) is 0 Å². The van der Waals surface area contributed by atoms with Gasteiger partial charge < -0.3 is 10.1 Å². The monoisotopic (exact) mass is 376 g/mol. The molecule has 1 heterocycles. The maximum atomic E-state index is 12.5. The number of alkyl halides is 2. The van der Waals surface area contributed by atoms with Gasteiger partial charge in [-0.2, -0.15) is 13.1 Å². The van der Waals surface area contributed by atoms with E-state index in [1.54, 1.807) is 0 Å². The third-order valence-electron chi connectivity index (χ3n) is 3.06. The maximum Gasteiger partial charge on any atom is 0.387 e. The van der Waals surface area contributed by atoms with E-state index in [0.717, 1.165) is 18.7 Å². The van der Waals surface area contributed by atoms with Gasteiger partial charge in [-0.15, -0.1) is 12.4 Å². The minimum absolute atomic E-state index is 0. The summed E-state index contributed by atoms with van der Waals surface area (Å²) in [5.41, 5.74) is 0. The first-order valence-corrected chi connectivity index (χ1v) is 8.18. The topological polar surface area (TPSA) is 58.6 Å². The van der Waals surface area contributed by atoms with Crippen LogP contribution in [0.4, 0.5) is 8.78 Å². The number of nitrogens with zero attached hydrogens (tertiary/aromatic N) is 1. The molecule has 0 aromatic heterocycles. The fourth-order valence-corrected chi connectivity index (χ4v) is 3.84. The Kier molecular flexibility index (Phi) is 7.27. The third kappa shape index (κ3) is 4.66. The predicted octanol–water partition coefficient (Wildman–Crippen LogP) is 2.35. The molecular weight excluding hydrogens is 361 g/mol. The number of nitrogens with one attached hydrogen (secondary N) is 1. The van der Waals surface area contributed by atoms with E-state index in [0.29, 0.717) is 26.1 Å². The van der Waals surface area contributed by atoms with Crippen LogP contribution in [-0.4, -0.2) is 45.5 Å². The number of hydrogen-bond donors (Lipinski definition) is 1. The molecule has 22 heavy (non-hydrogen) atoms. The van der Waals surface area contributed by atoms with Gasteiger partial charge in [0.05, 0.1) is 9.92 Å². The Hall–Kier alpha value is -0.670. The van der Waals surface area contributed by atoms with Crippen molar-refractivity contribution in [2.24, 2.45) is 0 Å². The summed E-state index contributed by atoms with van der Waals surface area (Å²) in [5, 5.41) is 2.94. The summed E-state index contributed by atoms with van der Waals surface area (Å²) in [6.45, 7) is -0.924. The summed E-state index contributed by atoms with van der Waals surface area (Å²) in [4.78, 5) is -0.0315. The molecule has 126 valence electrons. The van der Waals surface area contributed by atoms with Crippen LogP contribution in [-0.2, 0) is 10.0 Å². The minimum atomic E-state index is -3.69. The lowest BCUT2D eigenvalue weighted by atomic mass is 10.3. The SMILES string of the molecule is Cl.O=S(=O)(c1ccc(OC(F)F)c(Cl)c1)N1CCCNCC1. The Labute approximate surface area is 139 Å². The molecule has 0 atom stereocenters. The molecule has 1 aromatic rings. The van der Waals surface area contributed by atoms with Gasteiger partial charge in [-0.1, -0.05) is 11.6 Å². The highest BCUT2D eigenvalue weighted by molar-refractivity contribution is 7.89. The molecule has 5 nitrogen and oxygen atoms in total. The number of hydrogen-bond acceptors (Lipinski definition) is 4. The Morgan fingerprint density at radius 2 is 2.00 bits per heavy atom. The normalized spacial score (nSPS) is 16.9. The first-order valence-electron chi connectivity index (χ1n) is 6.36. The van der Waals surface area contributed by atoms with Gasteiger partial charge in [-0.3, -0.25) is 0 Å². The van der Waals surface area contributed by atoms with E-state index in [4.69, 9.17) is 11.6 Å². The van der Waals surface area contributed by atoms with Crippen molar-refractivity contribution < 1.29 is 21.9 Å². The fraction of sp³-hybridized carbons (Fsp3) is 0.500. The summed E-state index contributed by atoms with van der Waals surface area (Å²) in [6.07, 6.45) is 0.708. The van der Waals surface area contributed by atoms with Crippen molar-refractivity contribution in [1.29, 1.82) is 0 Å². The van der Waals surface area contributed by atoms with Gasteiger partial charge >= 0.3 is 6.61 Å². The zero-order valence-corrected chi connectivity index (χ0v) is 13.9. The first kappa shape index (κ1) is 19.4. The molecule has 0 aliphatic carbocycles. The zero-order valence-electron chi connectivity index (χ0n) is 11.5. The quantitative estimate of drug-likeness (QED) is 0.875. The second kappa shape index (κ2) is 8.26. The molecule has 0 unspecified atom stereocenters. The molecule has 0 saturated carbocycles. The number of rotatable bonds is 4. The highest BCUT2D eigenvalue weighted by Gasteiger charge is 2.26. The number of halogens is 4. The van der Waals surface area contributed by atoms with Crippen LogP contribution in [0.5, 0.6) is 5.75 Å². The lowest BCUT2D eigenvalue weighted by Crippen LogP contribution is -2.34. The van der Waals surface area contributed by atoms with Crippen molar-refractivity contribution in [1.82, 2.24) is 9.62 Å². The van der Waals surface area contributed by atoms with Crippen molar-refractivity contribution in [2.75, 3.05) is 26.2 Å². The average Bonchev–Trinajstić information content (AvgIpc) is 2.69. The van der Waals surface area contributed by atoms with Crippen molar-refractivity contribution >= 4 is 34.0 Å². The summed E-state index contributed by atoms with van der Waals surface area (Å²) in [7, 11) is -3.69. The molecule has 1 aliphatic heterocycles. The lowest BCUT2D eigenvalue weighted by molar-refractivity contribution is -0.0498. The molecule has 1 aromatic carbocycles. The van der Waals surface area contributed by atoms with E-state index in [1.165, 1.54) is 10.4 Å². The zero-order chi connectivity index (χ0) is 15.5. The van der Waals surface area contributed by atoms with E-state index in [9.17, 15) is 17.2 Å². The van der Waals surface area contributed by atoms with Crippen LogP contribution in [0, 0.1) is 0 Å². The third-order valence-corrected chi connectivity index (χ3v) is 5.25. The summed E-state index contributed by atoms with van der Waals surface area (Å²) >= 11 is 5.80. The molecule has 1 fully saturated rings. The van der Waals surface area contributed by atoms with Crippen LogP contribution in [0.15, 0.2) is 23.1 Å². The van der Waals surface area contributed by atoms with Gasteiger partial charge in [-0.25, -0.2) is 8.42 Å². The van der Waals surface area contributed by atoms with Gasteiger partial charge in [0.1, 0.15) is 5.75 Å². The molecule has 10 heteroatoms. The highest BCUT2D eigenvalue weighted by Crippen LogP contribution is 2.29. The smallest absolute Gasteiger partial charge is 0.387 e. The lowest BCUT2D eigenvalue weighted by Gasteiger charge is -2.20. The van der Waals surface area contributed by atoms with Crippen molar-refractivity contribution in [2.45, 2.75) is 17.9 Å². The summed E-state index contributed by atoms with van der Waals surface area (Å²) < 4.78 is 54.8. The van der Waals surface area contributed by atoms with Crippen LogP contribution >= 0.6 is 24.0 Å². The second-order valence-corrected chi connectivity index (χ2v) is 6.82. The average molecular weight is 377 g/mol. The van der Waals surface area contributed by atoms with Crippen molar-refractivity contribution in [3.05, 3.63) is 23.2 Å². The van der Waals surface area contributed by atoms with Gasteiger partial charge in [0.15, 0.2) is 0 Å². The molecule has 1 aliphatic rings. The first-order chi connectivity index (χ1) is 9.91. The van der Waals surface area contributed by atoms with Crippen LogP contribution in [0.1, 0.15) is 6.42 Å². The minimum Gasteiger partial charge on any atom is -0.433 e. The molecule has 0 amide bonds. The Balaban J connectivity index is 0.00000242. The van der Waals surface area contributed by atoms with Crippen LogP contribution < -0.4 is 10.1 Å². The Morgan fingerprint density at radius 3 is 2.64 bits per heavy atom. The maximum absolute atomic E-state index is 12.5.